The second-order valence-electron chi connectivity index (χ2n) is 13.2. The number of carboxylic acid groups (broad SMARTS) is 1. The van der Waals surface area contributed by atoms with Crippen molar-refractivity contribution in [1.82, 2.24) is 10.6 Å². The molecule has 360 valence electrons. The minimum atomic E-state index is -0.795. The lowest BCUT2D eigenvalue weighted by Crippen LogP contribution is -2.29. The fourth-order valence-electron chi connectivity index (χ4n) is 4.87. The van der Waals surface area contributed by atoms with Crippen LogP contribution >= 0.6 is 33.3 Å². The number of carboxylic acids is 1. The molecule has 0 unspecified atom stereocenters. The normalized spacial score (nSPS) is 13.9. The lowest BCUT2D eigenvalue weighted by Gasteiger charge is -2.09. The Morgan fingerprint density at radius 3 is 1.30 bits per heavy atom. The van der Waals surface area contributed by atoms with Crippen LogP contribution in [0, 0.1) is 0 Å². The summed E-state index contributed by atoms with van der Waals surface area (Å²) in [5, 5.41) is 15.0. The van der Waals surface area contributed by atoms with E-state index in [1.54, 1.807) is 11.8 Å². The van der Waals surface area contributed by atoms with Crippen LogP contribution in [0.1, 0.15) is 44.9 Å². The fraction of sp³-hybridized carbons (Fsp3) is 0.925. The molecule has 3 N–H and O–H groups in total. The minimum absolute atomic E-state index is 0.0221. The summed E-state index contributed by atoms with van der Waals surface area (Å²) >= 11 is 1.56. The first kappa shape index (κ1) is 58.0. The van der Waals surface area contributed by atoms with Crippen LogP contribution < -0.4 is 10.6 Å². The van der Waals surface area contributed by atoms with E-state index >= 15 is 0 Å². The zero-order valence-electron chi connectivity index (χ0n) is 36.3. The zero-order valence-corrected chi connectivity index (χ0v) is 38.8. The van der Waals surface area contributed by atoms with Crippen LogP contribution in [0.3, 0.4) is 0 Å². The molecule has 0 bridgehead atoms. The first-order chi connectivity index (χ1) is 30.1. The van der Waals surface area contributed by atoms with Crippen molar-refractivity contribution in [2.75, 3.05) is 189 Å². The van der Waals surface area contributed by atoms with Gasteiger partial charge in [0.2, 0.25) is 11.8 Å². The highest BCUT2D eigenvalue weighted by atomic mass is 33.1. The molecule has 1 saturated heterocycles. The van der Waals surface area contributed by atoms with Gasteiger partial charge in [-0.3, -0.25) is 14.4 Å². The molecular weight excluding hydrogens is 861 g/mol. The molecule has 0 saturated carbocycles. The van der Waals surface area contributed by atoms with Gasteiger partial charge in [-0.05, 0) is 31.4 Å². The second kappa shape index (κ2) is 48.4. The van der Waals surface area contributed by atoms with Gasteiger partial charge in [0.25, 0.3) is 0 Å². The molecule has 0 aliphatic carbocycles. The van der Waals surface area contributed by atoms with Crippen molar-refractivity contribution in [3.8, 4) is 0 Å². The van der Waals surface area contributed by atoms with E-state index in [4.69, 9.17) is 61.9 Å². The lowest BCUT2D eigenvalue weighted by atomic mass is 10.1. The Balaban J connectivity index is 1.62. The maximum Gasteiger partial charge on any atom is 0.304 e. The predicted molar refractivity (Wildman–Crippen MR) is 237 cm³/mol. The van der Waals surface area contributed by atoms with E-state index in [1.807, 2.05) is 21.6 Å². The average Bonchev–Trinajstić information content (AvgIpc) is 3.78. The number of carbonyl (C=O) groups is 3. The Morgan fingerprint density at radius 2 is 0.885 bits per heavy atom. The van der Waals surface area contributed by atoms with E-state index in [1.165, 1.54) is 18.6 Å². The van der Waals surface area contributed by atoms with Crippen LogP contribution in [-0.4, -0.2) is 217 Å². The molecule has 21 heteroatoms. The number of nitrogens with one attached hydrogen (secondary N) is 2. The van der Waals surface area contributed by atoms with Gasteiger partial charge in [0.15, 0.2) is 0 Å². The molecule has 0 aromatic heterocycles. The molecule has 1 fully saturated rings. The van der Waals surface area contributed by atoms with Crippen LogP contribution in [-0.2, 0) is 71.2 Å². The van der Waals surface area contributed by atoms with Crippen LogP contribution in [0.2, 0.25) is 0 Å². The molecule has 1 rings (SSSR count). The topological polar surface area (TPSA) is 206 Å². The quantitative estimate of drug-likeness (QED) is 0.0592. The predicted octanol–water partition coefficient (Wildman–Crippen LogP) is 2.73. The van der Waals surface area contributed by atoms with E-state index < -0.39 is 5.97 Å². The number of thioether (sulfide) groups is 1. The van der Waals surface area contributed by atoms with E-state index in [-0.39, 0.29) is 24.8 Å². The molecule has 1 atom stereocenters. The van der Waals surface area contributed by atoms with Gasteiger partial charge in [0, 0.05) is 36.3 Å². The third kappa shape index (κ3) is 46.8. The molecule has 1 aliphatic rings. The molecule has 2 amide bonds. The van der Waals surface area contributed by atoms with Crippen LogP contribution in [0.5, 0.6) is 0 Å². The Bertz CT molecular complexity index is 979. The SMILES string of the molecule is O=C(O)CCSCCCNC(=O)COCCOCCOCCOCCOCCOCCOCCOCCOCCOCCOCCOCCNC(=O)CCCC[C@@H]1CCSS1. The summed E-state index contributed by atoms with van der Waals surface area (Å²) in [5.74, 6) is 1.77. The van der Waals surface area contributed by atoms with Crippen LogP contribution in [0.15, 0.2) is 0 Å². The summed E-state index contributed by atoms with van der Waals surface area (Å²) in [4.78, 5) is 34.1. The van der Waals surface area contributed by atoms with E-state index in [0.717, 1.165) is 30.3 Å². The highest BCUT2D eigenvalue weighted by Gasteiger charge is 2.15. The van der Waals surface area contributed by atoms with Crippen molar-refractivity contribution in [2.45, 2.75) is 50.2 Å². The number of hydrogen-bond donors (Lipinski definition) is 3. The van der Waals surface area contributed by atoms with Crippen molar-refractivity contribution in [3.05, 3.63) is 0 Å². The Morgan fingerprint density at radius 1 is 0.475 bits per heavy atom. The van der Waals surface area contributed by atoms with Crippen LogP contribution in [0.4, 0.5) is 0 Å². The highest BCUT2D eigenvalue weighted by molar-refractivity contribution is 8.77. The summed E-state index contributed by atoms with van der Waals surface area (Å²) in [6.07, 6.45) is 6.12. The van der Waals surface area contributed by atoms with Crippen LogP contribution in [0.25, 0.3) is 0 Å². The van der Waals surface area contributed by atoms with Crippen molar-refractivity contribution < 1.29 is 76.3 Å². The number of ether oxygens (including phenoxy) is 12. The summed E-state index contributed by atoms with van der Waals surface area (Å²) in [6, 6.07) is 0. The van der Waals surface area contributed by atoms with Crippen molar-refractivity contribution in [3.63, 3.8) is 0 Å². The van der Waals surface area contributed by atoms with Gasteiger partial charge in [-0.1, -0.05) is 28.0 Å². The number of amides is 2. The molecule has 0 aromatic rings. The van der Waals surface area contributed by atoms with Gasteiger partial charge >= 0.3 is 5.97 Å². The Hall–Kier alpha value is -1.02. The molecule has 0 radical (unpaired) electrons. The second-order valence-corrected chi connectivity index (χ2v) is 17.2. The van der Waals surface area contributed by atoms with Gasteiger partial charge in [-0.25, -0.2) is 0 Å². The summed E-state index contributed by atoms with van der Waals surface area (Å²) in [5.41, 5.74) is 0. The van der Waals surface area contributed by atoms with Crippen molar-refractivity contribution in [1.29, 1.82) is 0 Å². The van der Waals surface area contributed by atoms with Gasteiger partial charge in [0.1, 0.15) is 6.61 Å². The van der Waals surface area contributed by atoms with Gasteiger partial charge in [-0.15, -0.1) is 0 Å². The highest BCUT2D eigenvalue weighted by Crippen LogP contribution is 2.39. The number of carbonyl (C=O) groups excluding carboxylic acids is 2. The largest absolute Gasteiger partial charge is 0.481 e. The molecule has 0 aromatic carbocycles. The minimum Gasteiger partial charge on any atom is -0.481 e. The lowest BCUT2D eigenvalue weighted by molar-refractivity contribution is -0.136. The van der Waals surface area contributed by atoms with E-state index in [9.17, 15) is 14.4 Å². The summed E-state index contributed by atoms with van der Waals surface area (Å²) < 4.78 is 65.6. The third-order valence-electron chi connectivity index (χ3n) is 8.05. The summed E-state index contributed by atoms with van der Waals surface area (Å²) in [6.45, 7) is 11.7. The Kier molecular flexibility index (Phi) is 46.1. The maximum atomic E-state index is 11.9. The van der Waals surface area contributed by atoms with E-state index in [2.05, 4.69) is 10.6 Å². The Labute approximate surface area is 375 Å². The standard InChI is InChI=1S/C40H76N2O16S3/c43-38(5-2-1-4-37-6-35-60-61-37)42-9-10-47-11-12-48-13-14-49-15-16-50-17-18-51-19-20-52-21-22-53-23-24-54-25-26-55-27-28-56-29-30-57-31-32-58-36-39(44)41-8-3-33-59-34-7-40(45)46/h37H,1-36H2,(H,41,44)(H,42,43)(H,45,46)/t37-/m1/s1. The average molecular weight is 937 g/mol. The third-order valence-corrected chi connectivity index (χ3v) is 12.1. The van der Waals surface area contributed by atoms with E-state index in [0.29, 0.717) is 177 Å². The monoisotopic (exact) mass is 936 g/mol. The number of hydrogen-bond acceptors (Lipinski definition) is 18. The molecule has 61 heavy (non-hydrogen) atoms. The smallest absolute Gasteiger partial charge is 0.304 e. The molecule has 1 heterocycles. The first-order valence-electron chi connectivity index (χ1n) is 21.6. The number of unbranched alkanes of at least 4 members (excludes halogenated alkanes) is 1. The maximum absolute atomic E-state index is 11.9. The first-order valence-corrected chi connectivity index (χ1v) is 25.2. The molecule has 18 nitrogen and oxygen atoms in total. The van der Waals surface area contributed by atoms with Gasteiger partial charge < -0.3 is 72.6 Å². The van der Waals surface area contributed by atoms with Crippen molar-refractivity contribution in [2.24, 2.45) is 0 Å². The number of rotatable bonds is 50. The zero-order chi connectivity index (χ0) is 43.8. The molecule has 1 aliphatic heterocycles. The fourth-order valence-corrected chi connectivity index (χ4v) is 8.77. The molecule has 0 spiro atoms. The van der Waals surface area contributed by atoms with Gasteiger partial charge in [0.05, 0.1) is 158 Å². The van der Waals surface area contributed by atoms with Crippen molar-refractivity contribution >= 4 is 51.1 Å². The number of aliphatic carboxylic acids is 1. The molecular formula is C40H76N2O16S3. The summed E-state index contributed by atoms with van der Waals surface area (Å²) in [7, 11) is 3.96. The van der Waals surface area contributed by atoms with Gasteiger partial charge in [-0.2, -0.15) is 11.8 Å².